The number of carbonyl (C=O) groups is 1. The summed E-state index contributed by atoms with van der Waals surface area (Å²) in [4.78, 5) is 12.4. The Hall–Kier alpha value is -2.38. The summed E-state index contributed by atoms with van der Waals surface area (Å²) >= 11 is 0. The number of sulfonamides is 1. The van der Waals surface area contributed by atoms with Crippen LogP contribution < -0.4 is 9.62 Å². The Morgan fingerprint density at radius 2 is 1.85 bits per heavy atom. The van der Waals surface area contributed by atoms with E-state index in [9.17, 15) is 13.2 Å². The lowest BCUT2D eigenvalue weighted by molar-refractivity contribution is 0.0951. The fourth-order valence-corrected chi connectivity index (χ4v) is 4.07. The lowest BCUT2D eigenvalue weighted by Gasteiger charge is -2.16. The zero-order chi connectivity index (χ0) is 19.4. The highest BCUT2D eigenvalue weighted by atomic mass is 32.2. The number of hydrogen-bond donors (Lipinski definition) is 1. The highest BCUT2D eigenvalue weighted by Gasteiger charge is 2.26. The van der Waals surface area contributed by atoms with Crippen LogP contribution in [0.4, 0.5) is 5.69 Å². The maximum Gasteiger partial charge on any atom is 0.251 e. The fraction of sp³-hybridized carbons (Fsp3) is 0.350. The second-order valence-corrected chi connectivity index (χ2v) is 8.47. The molecule has 1 aliphatic heterocycles. The van der Waals surface area contributed by atoms with Gasteiger partial charge in [-0.05, 0) is 48.2 Å². The molecule has 3 rings (SSSR count). The van der Waals surface area contributed by atoms with Gasteiger partial charge in [0.15, 0.2) is 0 Å². The first-order valence-corrected chi connectivity index (χ1v) is 10.8. The Morgan fingerprint density at radius 3 is 2.52 bits per heavy atom. The minimum atomic E-state index is -3.28. The number of nitrogens with zero attached hydrogens (tertiary/aromatic N) is 1. The predicted octanol–water partition coefficient (Wildman–Crippen LogP) is 2.48. The van der Waals surface area contributed by atoms with E-state index in [1.165, 1.54) is 10.6 Å². The van der Waals surface area contributed by atoms with E-state index in [1.54, 1.807) is 18.2 Å². The van der Waals surface area contributed by atoms with Crippen molar-refractivity contribution < 1.29 is 17.9 Å². The molecule has 6 nitrogen and oxygen atoms in total. The standard InChI is InChI=1S/C20H24N2O4S/c1-3-26-14-16-6-4-15(5-7-16)13-21-20(23)18-8-9-19-17(12-18)10-11-22(19)27(2,24)25/h4-9,12H,3,10-11,13-14H2,1-2H3,(H,21,23). The maximum absolute atomic E-state index is 12.4. The molecule has 0 atom stereocenters. The van der Waals surface area contributed by atoms with Gasteiger partial charge in [0.1, 0.15) is 0 Å². The third-order valence-electron chi connectivity index (χ3n) is 4.54. The second kappa shape index (κ2) is 8.10. The summed E-state index contributed by atoms with van der Waals surface area (Å²) in [6.07, 6.45) is 1.81. The van der Waals surface area contributed by atoms with Crippen molar-refractivity contribution >= 4 is 21.6 Å². The summed E-state index contributed by atoms with van der Waals surface area (Å²) in [6, 6.07) is 13.1. The van der Waals surface area contributed by atoms with Gasteiger partial charge in [0.25, 0.3) is 5.91 Å². The van der Waals surface area contributed by atoms with Crippen LogP contribution >= 0.6 is 0 Å². The molecule has 0 saturated carbocycles. The SMILES string of the molecule is CCOCc1ccc(CNC(=O)c2ccc3c(c2)CCN3S(C)(=O)=O)cc1. The first kappa shape index (κ1) is 19.4. The third kappa shape index (κ3) is 4.67. The smallest absolute Gasteiger partial charge is 0.251 e. The van der Waals surface area contributed by atoms with Crippen LogP contribution in [-0.4, -0.2) is 33.7 Å². The predicted molar refractivity (Wildman–Crippen MR) is 105 cm³/mol. The average molecular weight is 388 g/mol. The van der Waals surface area contributed by atoms with Gasteiger partial charge >= 0.3 is 0 Å². The lowest BCUT2D eigenvalue weighted by Crippen LogP contribution is -2.27. The van der Waals surface area contributed by atoms with Crippen molar-refractivity contribution in [3.63, 3.8) is 0 Å². The van der Waals surface area contributed by atoms with Crippen LogP contribution in [0, 0.1) is 0 Å². The number of ether oxygens (including phenoxy) is 1. The summed E-state index contributed by atoms with van der Waals surface area (Å²) in [5, 5.41) is 2.91. The number of benzene rings is 2. The van der Waals surface area contributed by atoms with E-state index < -0.39 is 10.0 Å². The van der Waals surface area contributed by atoms with E-state index in [4.69, 9.17) is 4.74 Å². The van der Waals surface area contributed by atoms with Gasteiger partial charge in [-0.3, -0.25) is 9.10 Å². The van der Waals surface area contributed by atoms with Crippen molar-refractivity contribution in [3.8, 4) is 0 Å². The zero-order valence-electron chi connectivity index (χ0n) is 15.6. The van der Waals surface area contributed by atoms with Crippen LogP contribution in [0.25, 0.3) is 0 Å². The molecule has 0 aliphatic carbocycles. The monoisotopic (exact) mass is 388 g/mol. The van der Waals surface area contributed by atoms with Gasteiger partial charge in [-0.15, -0.1) is 0 Å². The highest BCUT2D eigenvalue weighted by molar-refractivity contribution is 7.92. The van der Waals surface area contributed by atoms with Crippen molar-refractivity contribution in [3.05, 3.63) is 64.7 Å². The Labute approximate surface area is 160 Å². The molecule has 2 aromatic rings. The molecule has 2 aromatic carbocycles. The topological polar surface area (TPSA) is 75.7 Å². The molecule has 27 heavy (non-hydrogen) atoms. The molecule has 1 N–H and O–H groups in total. The Kier molecular flexibility index (Phi) is 5.82. The molecule has 0 fully saturated rings. The molecule has 1 heterocycles. The Bertz CT molecular complexity index is 923. The van der Waals surface area contributed by atoms with Crippen LogP contribution in [0.5, 0.6) is 0 Å². The molecule has 0 radical (unpaired) electrons. The Balaban J connectivity index is 1.62. The van der Waals surface area contributed by atoms with E-state index in [2.05, 4.69) is 5.32 Å². The van der Waals surface area contributed by atoms with Gasteiger partial charge in [-0.2, -0.15) is 0 Å². The highest BCUT2D eigenvalue weighted by Crippen LogP contribution is 2.30. The van der Waals surface area contributed by atoms with Gasteiger partial charge in [0.05, 0.1) is 18.6 Å². The van der Waals surface area contributed by atoms with Gasteiger partial charge < -0.3 is 10.1 Å². The molecular weight excluding hydrogens is 364 g/mol. The minimum absolute atomic E-state index is 0.172. The van der Waals surface area contributed by atoms with Crippen LogP contribution in [0.2, 0.25) is 0 Å². The second-order valence-electron chi connectivity index (χ2n) is 6.56. The van der Waals surface area contributed by atoms with Crippen molar-refractivity contribution in [1.29, 1.82) is 0 Å². The van der Waals surface area contributed by atoms with Crippen LogP contribution in [0.15, 0.2) is 42.5 Å². The third-order valence-corrected chi connectivity index (χ3v) is 5.72. The molecule has 0 aromatic heterocycles. The van der Waals surface area contributed by atoms with E-state index in [1.807, 2.05) is 31.2 Å². The minimum Gasteiger partial charge on any atom is -0.377 e. The van der Waals surface area contributed by atoms with Gasteiger partial charge in [-0.25, -0.2) is 8.42 Å². The fourth-order valence-electron chi connectivity index (χ4n) is 3.11. The van der Waals surface area contributed by atoms with E-state index in [0.717, 1.165) is 16.7 Å². The van der Waals surface area contributed by atoms with Gasteiger partial charge in [0.2, 0.25) is 10.0 Å². The zero-order valence-corrected chi connectivity index (χ0v) is 16.4. The molecule has 0 bridgehead atoms. The number of hydrogen-bond acceptors (Lipinski definition) is 4. The molecule has 7 heteroatoms. The molecule has 1 aliphatic rings. The summed E-state index contributed by atoms with van der Waals surface area (Å²) in [5.74, 6) is -0.172. The summed E-state index contributed by atoms with van der Waals surface area (Å²) in [6.45, 7) is 4.08. The van der Waals surface area contributed by atoms with Gasteiger partial charge in [-0.1, -0.05) is 24.3 Å². The first-order valence-electron chi connectivity index (χ1n) is 8.93. The van der Waals surface area contributed by atoms with E-state index in [-0.39, 0.29) is 5.91 Å². The number of rotatable bonds is 7. The molecule has 1 amide bonds. The summed E-state index contributed by atoms with van der Waals surface area (Å²) < 4.78 is 30.3. The number of carbonyl (C=O) groups excluding carboxylic acids is 1. The van der Waals surface area contributed by atoms with Crippen molar-refractivity contribution in [2.75, 3.05) is 23.7 Å². The number of anilines is 1. The summed E-state index contributed by atoms with van der Waals surface area (Å²) in [5.41, 5.74) is 4.19. The normalized spacial score (nSPS) is 13.5. The lowest BCUT2D eigenvalue weighted by atomic mass is 10.1. The average Bonchev–Trinajstić information content (AvgIpc) is 3.09. The van der Waals surface area contributed by atoms with Crippen LogP contribution in [-0.2, 0) is 34.3 Å². The van der Waals surface area contributed by atoms with Crippen molar-refractivity contribution in [1.82, 2.24) is 5.32 Å². The maximum atomic E-state index is 12.4. The van der Waals surface area contributed by atoms with Crippen molar-refractivity contribution in [2.45, 2.75) is 26.5 Å². The molecule has 144 valence electrons. The Morgan fingerprint density at radius 1 is 1.15 bits per heavy atom. The number of amides is 1. The molecule has 0 spiro atoms. The molecule has 0 unspecified atom stereocenters. The number of fused-ring (bicyclic) bond motifs is 1. The summed E-state index contributed by atoms with van der Waals surface area (Å²) in [7, 11) is -3.28. The number of nitrogens with one attached hydrogen (secondary N) is 1. The van der Waals surface area contributed by atoms with E-state index >= 15 is 0 Å². The van der Waals surface area contributed by atoms with Gasteiger partial charge in [0, 0.05) is 25.3 Å². The van der Waals surface area contributed by atoms with Crippen LogP contribution in [0.1, 0.15) is 34.0 Å². The molecule has 0 saturated heterocycles. The van der Waals surface area contributed by atoms with E-state index in [0.29, 0.717) is 44.0 Å². The largest absolute Gasteiger partial charge is 0.377 e. The first-order chi connectivity index (χ1) is 12.9. The van der Waals surface area contributed by atoms with Crippen LogP contribution in [0.3, 0.4) is 0 Å². The quantitative estimate of drug-likeness (QED) is 0.791. The molecular formula is C20H24N2O4S. The van der Waals surface area contributed by atoms with Crippen molar-refractivity contribution in [2.24, 2.45) is 0 Å².